The zero-order chi connectivity index (χ0) is 11.3. The van der Waals surface area contributed by atoms with Crippen LogP contribution in [0.1, 0.15) is 27.2 Å². The molecule has 0 amide bonds. The van der Waals surface area contributed by atoms with Crippen molar-refractivity contribution in [3.05, 3.63) is 12.7 Å². The Morgan fingerprint density at radius 2 is 2.20 bits per heavy atom. The van der Waals surface area contributed by atoms with Gasteiger partial charge in [-0.2, -0.15) is 0 Å². The summed E-state index contributed by atoms with van der Waals surface area (Å²) in [5, 5.41) is 3.40. The van der Waals surface area contributed by atoms with E-state index in [0.29, 0.717) is 6.04 Å². The molecule has 0 aliphatic carbocycles. The molecule has 3 unspecified atom stereocenters. The predicted molar refractivity (Wildman–Crippen MR) is 67.0 cm³/mol. The molecule has 1 aliphatic rings. The van der Waals surface area contributed by atoms with Crippen LogP contribution in [0.5, 0.6) is 0 Å². The standard InChI is InChI=1S/C13H26N2/c1-5-7-14-9-13(4)15-8-6-11(2)12(3)10-15/h5,11-14H,1,6-10H2,2-4H3. The molecule has 88 valence electrons. The van der Waals surface area contributed by atoms with Gasteiger partial charge in [0.15, 0.2) is 0 Å². The van der Waals surface area contributed by atoms with Crippen LogP contribution in [0.15, 0.2) is 12.7 Å². The molecule has 0 radical (unpaired) electrons. The molecule has 1 saturated heterocycles. The maximum Gasteiger partial charge on any atom is 0.0192 e. The van der Waals surface area contributed by atoms with Crippen LogP contribution in [-0.4, -0.2) is 37.1 Å². The van der Waals surface area contributed by atoms with E-state index >= 15 is 0 Å². The van der Waals surface area contributed by atoms with Crippen LogP contribution >= 0.6 is 0 Å². The van der Waals surface area contributed by atoms with Crippen molar-refractivity contribution in [2.45, 2.75) is 33.2 Å². The third kappa shape index (κ3) is 3.96. The molecule has 15 heavy (non-hydrogen) atoms. The van der Waals surface area contributed by atoms with Gasteiger partial charge in [0, 0.05) is 25.7 Å². The van der Waals surface area contributed by atoms with Crippen molar-refractivity contribution in [3.8, 4) is 0 Å². The third-order valence-electron chi connectivity index (χ3n) is 3.72. The summed E-state index contributed by atoms with van der Waals surface area (Å²) < 4.78 is 0. The summed E-state index contributed by atoms with van der Waals surface area (Å²) in [6.07, 6.45) is 3.28. The minimum absolute atomic E-state index is 0.653. The first kappa shape index (κ1) is 12.7. The Labute approximate surface area is 94.7 Å². The van der Waals surface area contributed by atoms with E-state index in [2.05, 4.69) is 37.6 Å². The molecule has 2 heteroatoms. The number of hydrogen-bond donors (Lipinski definition) is 1. The first-order chi connectivity index (χ1) is 7.15. The Morgan fingerprint density at radius 3 is 2.80 bits per heavy atom. The zero-order valence-corrected chi connectivity index (χ0v) is 10.5. The number of hydrogen-bond acceptors (Lipinski definition) is 2. The highest BCUT2D eigenvalue weighted by atomic mass is 15.2. The Hall–Kier alpha value is -0.340. The van der Waals surface area contributed by atoms with Gasteiger partial charge in [0.05, 0.1) is 0 Å². The number of nitrogens with zero attached hydrogens (tertiary/aromatic N) is 1. The monoisotopic (exact) mass is 210 g/mol. The largest absolute Gasteiger partial charge is 0.312 e. The number of likely N-dealkylation sites (tertiary alicyclic amines) is 1. The highest BCUT2D eigenvalue weighted by Crippen LogP contribution is 2.23. The van der Waals surface area contributed by atoms with E-state index in [1.807, 2.05) is 6.08 Å². The fourth-order valence-corrected chi connectivity index (χ4v) is 2.22. The number of nitrogens with one attached hydrogen (secondary N) is 1. The predicted octanol–water partition coefficient (Wildman–Crippen LogP) is 2.13. The molecule has 2 nitrogen and oxygen atoms in total. The van der Waals surface area contributed by atoms with Crippen LogP contribution in [0.4, 0.5) is 0 Å². The minimum Gasteiger partial charge on any atom is -0.312 e. The molecule has 0 saturated carbocycles. The summed E-state index contributed by atoms with van der Waals surface area (Å²) in [5.41, 5.74) is 0. The molecule has 1 N–H and O–H groups in total. The van der Waals surface area contributed by atoms with Crippen LogP contribution in [-0.2, 0) is 0 Å². The summed E-state index contributed by atoms with van der Waals surface area (Å²) in [6.45, 7) is 15.3. The third-order valence-corrected chi connectivity index (χ3v) is 3.72. The van der Waals surface area contributed by atoms with Gasteiger partial charge >= 0.3 is 0 Å². The van der Waals surface area contributed by atoms with Gasteiger partial charge in [-0.3, -0.25) is 4.90 Å². The van der Waals surface area contributed by atoms with Gasteiger partial charge in [-0.15, -0.1) is 6.58 Å². The van der Waals surface area contributed by atoms with Crippen molar-refractivity contribution in [2.75, 3.05) is 26.2 Å². The molecular formula is C13H26N2. The van der Waals surface area contributed by atoms with Gasteiger partial charge in [-0.25, -0.2) is 0 Å². The number of rotatable bonds is 5. The summed E-state index contributed by atoms with van der Waals surface area (Å²) in [7, 11) is 0. The Morgan fingerprint density at radius 1 is 1.47 bits per heavy atom. The molecule has 0 aromatic carbocycles. The average molecular weight is 210 g/mol. The van der Waals surface area contributed by atoms with Crippen molar-refractivity contribution >= 4 is 0 Å². The molecule has 0 bridgehead atoms. The Bertz CT molecular complexity index is 191. The van der Waals surface area contributed by atoms with E-state index in [4.69, 9.17) is 0 Å². The van der Waals surface area contributed by atoms with E-state index in [1.165, 1.54) is 19.5 Å². The van der Waals surface area contributed by atoms with Gasteiger partial charge < -0.3 is 5.32 Å². The van der Waals surface area contributed by atoms with Crippen molar-refractivity contribution < 1.29 is 0 Å². The van der Waals surface area contributed by atoms with E-state index in [1.54, 1.807) is 0 Å². The first-order valence-electron chi connectivity index (χ1n) is 6.20. The van der Waals surface area contributed by atoms with E-state index < -0.39 is 0 Å². The maximum atomic E-state index is 3.72. The Balaban J connectivity index is 2.27. The van der Waals surface area contributed by atoms with Crippen molar-refractivity contribution in [3.63, 3.8) is 0 Å². The quantitative estimate of drug-likeness (QED) is 0.552. The average Bonchev–Trinajstić information content (AvgIpc) is 2.22. The molecule has 1 rings (SSSR count). The molecule has 3 atom stereocenters. The second-order valence-electron chi connectivity index (χ2n) is 5.03. The lowest BCUT2D eigenvalue weighted by molar-refractivity contribution is 0.102. The summed E-state index contributed by atoms with van der Waals surface area (Å²) in [5.74, 6) is 1.75. The zero-order valence-electron chi connectivity index (χ0n) is 10.5. The van der Waals surface area contributed by atoms with E-state index in [-0.39, 0.29) is 0 Å². The molecular weight excluding hydrogens is 184 g/mol. The van der Waals surface area contributed by atoms with Gasteiger partial charge in [-0.1, -0.05) is 19.9 Å². The summed E-state index contributed by atoms with van der Waals surface area (Å²) in [6, 6.07) is 0.653. The topological polar surface area (TPSA) is 15.3 Å². The second kappa shape index (κ2) is 6.29. The van der Waals surface area contributed by atoms with Crippen molar-refractivity contribution in [2.24, 2.45) is 11.8 Å². The highest BCUT2D eigenvalue weighted by molar-refractivity contribution is 4.80. The first-order valence-corrected chi connectivity index (χ1v) is 6.20. The maximum absolute atomic E-state index is 3.72. The smallest absolute Gasteiger partial charge is 0.0192 e. The van der Waals surface area contributed by atoms with Gasteiger partial charge in [0.1, 0.15) is 0 Å². The van der Waals surface area contributed by atoms with E-state index in [0.717, 1.165) is 24.9 Å². The fourth-order valence-electron chi connectivity index (χ4n) is 2.22. The van der Waals surface area contributed by atoms with Crippen LogP contribution in [0.2, 0.25) is 0 Å². The normalized spacial score (nSPS) is 30.1. The van der Waals surface area contributed by atoms with Crippen LogP contribution < -0.4 is 5.32 Å². The van der Waals surface area contributed by atoms with Crippen LogP contribution in [0.25, 0.3) is 0 Å². The summed E-state index contributed by atoms with van der Waals surface area (Å²) in [4.78, 5) is 2.61. The summed E-state index contributed by atoms with van der Waals surface area (Å²) >= 11 is 0. The van der Waals surface area contributed by atoms with Gasteiger partial charge in [0.2, 0.25) is 0 Å². The SMILES string of the molecule is C=CCNCC(C)N1CCC(C)C(C)C1. The van der Waals surface area contributed by atoms with Gasteiger partial charge in [-0.05, 0) is 31.7 Å². The lowest BCUT2D eigenvalue weighted by atomic mass is 9.88. The van der Waals surface area contributed by atoms with Crippen LogP contribution in [0, 0.1) is 11.8 Å². The molecule has 1 heterocycles. The molecule has 1 fully saturated rings. The van der Waals surface area contributed by atoms with Crippen molar-refractivity contribution in [1.82, 2.24) is 10.2 Å². The molecule has 0 aromatic heterocycles. The molecule has 1 aliphatic heterocycles. The minimum atomic E-state index is 0.653. The second-order valence-corrected chi connectivity index (χ2v) is 5.03. The number of piperidine rings is 1. The highest BCUT2D eigenvalue weighted by Gasteiger charge is 2.25. The lowest BCUT2D eigenvalue weighted by Gasteiger charge is -2.39. The fraction of sp³-hybridized carbons (Fsp3) is 0.846. The van der Waals surface area contributed by atoms with Crippen molar-refractivity contribution in [1.29, 1.82) is 0 Å². The van der Waals surface area contributed by atoms with Gasteiger partial charge in [0.25, 0.3) is 0 Å². The molecule has 0 aromatic rings. The lowest BCUT2D eigenvalue weighted by Crippen LogP contribution is -2.47. The van der Waals surface area contributed by atoms with E-state index in [9.17, 15) is 0 Å². The Kier molecular flexibility index (Phi) is 5.34. The molecule has 0 spiro atoms. The van der Waals surface area contributed by atoms with Crippen LogP contribution in [0.3, 0.4) is 0 Å².